The molecule has 1 atom stereocenters. The molecule has 1 fully saturated rings. The minimum absolute atomic E-state index is 0.156. The first-order valence-corrected chi connectivity index (χ1v) is 11.4. The molecule has 1 aliphatic rings. The molecular weight excluding hydrogens is 432 g/mol. The van der Waals surface area contributed by atoms with Crippen molar-refractivity contribution in [2.45, 2.75) is 49.8 Å². The van der Waals surface area contributed by atoms with Crippen molar-refractivity contribution in [3.63, 3.8) is 0 Å². The number of benzene rings is 2. The molecular formula is C26H30N4O4. The van der Waals surface area contributed by atoms with Gasteiger partial charge in [0.1, 0.15) is 17.7 Å². The summed E-state index contributed by atoms with van der Waals surface area (Å²) in [7, 11) is 1.55. The first-order valence-electron chi connectivity index (χ1n) is 11.4. The summed E-state index contributed by atoms with van der Waals surface area (Å²) in [6.45, 7) is 0.269. The number of aromatic nitrogens is 2. The minimum Gasteiger partial charge on any atom is -0.496 e. The standard InChI is InChI=1S/C26H30N4O4/c1-33-21-10-6-5-9-20(21)23(31)24(27)26(18-7-3-2-4-8-18)13-11-19(12-14-26)34-25(32)30-17-22-28-15-16-29-22/h2-10,15-16,19,24H,11-14,17,27H2,1H3,(H,28,29)(H,30,32). The van der Waals surface area contributed by atoms with Crippen LogP contribution in [0.4, 0.5) is 4.79 Å². The summed E-state index contributed by atoms with van der Waals surface area (Å²) < 4.78 is 11.0. The first kappa shape index (κ1) is 23.5. The van der Waals surface area contributed by atoms with E-state index in [-0.39, 0.29) is 18.4 Å². The van der Waals surface area contributed by atoms with Crippen LogP contribution in [-0.2, 0) is 16.7 Å². The molecule has 1 amide bonds. The van der Waals surface area contributed by atoms with Gasteiger partial charge in [-0.05, 0) is 43.4 Å². The fraction of sp³-hybridized carbons (Fsp3) is 0.346. The minimum atomic E-state index is -0.764. The first-order chi connectivity index (χ1) is 16.5. The van der Waals surface area contributed by atoms with Gasteiger partial charge in [0.25, 0.3) is 0 Å². The molecule has 0 bridgehead atoms. The lowest BCUT2D eigenvalue weighted by Crippen LogP contribution is -2.53. The number of alkyl carbamates (subject to hydrolysis) is 1. The summed E-state index contributed by atoms with van der Waals surface area (Å²) in [5.74, 6) is 1.01. The molecule has 34 heavy (non-hydrogen) atoms. The van der Waals surface area contributed by atoms with E-state index in [4.69, 9.17) is 15.2 Å². The maximum absolute atomic E-state index is 13.5. The van der Waals surface area contributed by atoms with E-state index >= 15 is 0 Å². The molecule has 1 saturated carbocycles. The number of hydrogen-bond donors (Lipinski definition) is 3. The van der Waals surface area contributed by atoms with Crippen molar-refractivity contribution in [1.29, 1.82) is 0 Å². The summed E-state index contributed by atoms with van der Waals surface area (Å²) in [6.07, 6.45) is 5.05. The van der Waals surface area contributed by atoms with Crippen LogP contribution in [0, 0.1) is 0 Å². The molecule has 0 radical (unpaired) electrons. The second-order valence-electron chi connectivity index (χ2n) is 8.56. The van der Waals surface area contributed by atoms with Gasteiger partial charge in [0.05, 0.1) is 25.3 Å². The van der Waals surface area contributed by atoms with Gasteiger partial charge < -0.3 is 25.5 Å². The van der Waals surface area contributed by atoms with Gasteiger partial charge in [-0.1, -0.05) is 42.5 Å². The lowest BCUT2D eigenvalue weighted by atomic mass is 9.63. The quantitative estimate of drug-likeness (QED) is 0.439. The van der Waals surface area contributed by atoms with Crippen LogP contribution in [0.2, 0.25) is 0 Å². The molecule has 8 heteroatoms. The Balaban J connectivity index is 1.48. The number of amides is 1. The van der Waals surface area contributed by atoms with E-state index < -0.39 is 17.6 Å². The summed E-state index contributed by atoms with van der Waals surface area (Å²) in [5, 5.41) is 2.71. The van der Waals surface area contributed by atoms with Crippen LogP contribution in [-0.4, -0.2) is 41.1 Å². The Kier molecular flexibility index (Phi) is 7.27. The molecule has 4 N–H and O–H groups in total. The van der Waals surface area contributed by atoms with Crippen LogP contribution in [0.25, 0.3) is 0 Å². The number of nitrogens with one attached hydrogen (secondary N) is 2. The Morgan fingerprint density at radius 3 is 2.53 bits per heavy atom. The van der Waals surface area contributed by atoms with Crippen molar-refractivity contribution in [1.82, 2.24) is 15.3 Å². The highest BCUT2D eigenvalue weighted by Crippen LogP contribution is 2.43. The molecule has 1 aliphatic carbocycles. The number of para-hydroxylation sites is 1. The fourth-order valence-electron chi connectivity index (χ4n) is 4.78. The molecule has 3 aromatic rings. The van der Waals surface area contributed by atoms with Gasteiger partial charge in [0, 0.05) is 17.8 Å². The van der Waals surface area contributed by atoms with Crippen LogP contribution in [0.5, 0.6) is 5.75 Å². The van der Waals surface area contributed by atoms with Crippen LogP contribution >= 0.6 is 0 Å². The van der Waals surface area contributed by atoms with Gasteiger partial charge in [-0.25, -0.2) is 9.78 Å². The lowest BCUT2D eigenvalue weighted by Gasteiger charge is -2.43. The summed E-state index contributed by atoms with van der Waals surface area (Å²) in [4.78, 5) is 32.8. The maximum Gasteiger partial charge on any atom is 0.407 e. The Morgan fingerprint density at radius 2 is 1.85 bits per heavy atom. The van der Waals surface area contributed by atoms with Crippen molar-refractivity contribution in [3.05, 3.63) is 83.9 Å². The number of carbonyl (C=O) groups is 2. The number of ketones is 1. The summed E-state index contributed by atoms with van der Waals surface area (Å²) >= 11 is 0. The smallest absolute Gasteiger partial charge is 0.407 e. The topological polar surface area (TPSA) is 119 Å². The number of nitrogens with zero attached hydrogens (tertiary/aromatic N) is 1. The monoisotopic (exact) mass is 462 g/mol. The Hall–Kier alpha value is -3.65. The molecule has 0 aliphatic heterocycles. The molecule has 2 aromatic carbocycles. The number of hydrogen-bond acceptors (Lipinski definition) is 6. The third-order valence-electron chi connectivity index (χ3n) is 6.65. The highest BCUT2D eigenvalue weighted by molar-refractivity contribution is 6.03. The second kappa shape index (κ2) is 10.5. The largest absolute Gasteiger partial charge is 0.496 e. The van der Waals surface area contributed by atoms with E-state index in [1.54, 1.807) is 31.6 Å². The van der Waals surface area contributed by atoms with Gasteiger partial charge in [0.2, 0.25) is 0 Å². The van der Waals surface area contributed by atoms with Crippen LogP contribution in [0.1, 0.15) is 47.4 Å². The lowest BCUT2D eigenvalue weighted by molar-refractivity contribution is 0.0490. The molecule has 0 spiro atoms. The van der Waals surface area contributed by atoms with E-state index in [0.29, 0.717) is 42.8 Å². The Labute approximate surface area is 198 Å². The number of rotatable bonds is 8. The number of nitrogens with two attached hydrogens (primary N) is 1. The number of methoxy groups -OCH3 is 1. The molecule has 8 nitrogen and oxygen atoms in total. The van der Waals surface area contributed by atoms with Crippen molar-refractivity contribution in [2.24, 2.45) is 5.73 Å². The van der Waals surface area contributed by atoms with Crippen molar-refractivity contribution >= 4 is 11.9 Å². The van der Waals surface area contributed by atoms with Crippen molar-refractivity contribution in [3.8, 4) is 5.75 Å². The normalized spacial score (nSPS) is 20.8. The average molecular weight is 463 g/mol. The zero-order chi connectivity index (χ0) is 24.0. The van der Waals surface area contributed by atoms with E-state index in [2.05, 4.69) is 15.3 Å². The van der Waals surface area contributed by atoms with Gasteiger partial charge in [-0.15, -0.1) is 0 Å². The van der Waals surface area contributed by atoms with E-state index in [9.17, 15) is 9.59 Å². The van der Waals surface area contributed by atoms with E-state index in [1.807, 2.05) is 42.5 Å². The van der Waals surface area contributed by atoms with Crippen molar-refractivity contribution in [2.75, 3.05) is 7.11 Å². The number of ether oxygens (including phenoxy) is 2. The molecule has 1 heterocycles. The summed E-state index contributed by atoms with van der Waals surface area (Å²) in [6, 6.07) is 16.3. The number of imidazole rings is 1. The number of H-pyrrole nitrogens is 1. The van der Waals surface area contributed by atoms with Gasteiger partial charge in [0.15, 0.2) is 5.78 Å². The van der Waals surface area contributed by atoms with Gasteiger partial charge >= 0.3 is 6.09 Å². The Morgan fingerprint density at radius 1 is 1.15 bits per heavy atom. The Bertz CT molecular complexity index is 1090. The van der Waals surface area contributed by atoms with Gasteiger partial charge in [-0.2, -0.15) is 0 Å². The third-order valence-corrected chi connectivity index (χ3v) is 6.65. The van der Waals surface area contributed by atoms with Crippen LogP contribution < -0.4 is 15.8 Å². The third kappa shape index (κ3) is 4.97. The summed E-state index contributed by atoms with van der Waals surface area (Å²) in [5.41, 5.74) is 7.66. The predicted molar refractivity (Wildman–Crippen MR) is 128 cm³/mol. The second-order valence-corrected chi connectivity index (χ2v) is 8.56. The number of carbonyl (C=O) groups excluding carboxylic acids is 2. The highest BCUT2D eigenvalue weighted by atomic mass is 16.6. The van der Waals surface area contributed by atoms with Crippen LogP contribution in [0.15, 0.2) is 67.0 Å². The number of Topliss-reactive ketones (excluding diaryl/α,β-unsaturated/α-hetero) is 1. The van der Waals surface area contributed by atoms with Crippen LogP contribution in [0.3, 0.4) is 0 Å². The molecule has 1 unspecified atom stereocenters. The number of aromatic amines is 1. The average Bonchev–Trinajstić information content (AvgIpc) is 3.41. The fourth-order valence-corrected chi connectivity index (χ4v) is 4.78. The van der Waals surface area contributed by atoms with E-state index in [1.165, 1.54) is 0 Å². The zero-order valence-corrected chi connectivity index (χ0v) is 19.2. The van der Waals surface area contributed by atoms with Crippen molar-refractivity contribution < 1.29 is 19.1 Å². The zero-order valence-electron chi connectivity index (χ0n) is 19.2. The van der Waals surface area contributed by atoms with E-state index in [0.717, 1.165) is 5.56 Å². The highest BCUT2D eigenvalue weighted by Gasteiger charge is 2.46. The molecule has 0 saturated heterocycles. The molecule has 178 valence electrons. The molecule has 1 aromatic heterocycles. The molecule has 4 rings (SSSR count). The predicted octanol–water partition coefficient (Wildman–Crippen LogP) is 3.74. The SMILES string of the molecule is COc1ccccc1C(=O)C(N)C1(c2ccccc2)CCC(OC(=O)NCc2ncc[nH]2)CC1. The van der Waals surface area contributed by atoms with Gasteiger partial charge in [-0.3, -0.25) is 4.79 Å². The maximum atomic E-state index is 13.5.